The maximum Gasteiger partial charge on any atom is 0.252 e. The summed E-state index contributed by atoms with van der Waals surface area (Å²) < 4.78 is 29.0. The highest BCUT2D eigenvalue weighted by molar-refractivity contribution is 7.98. The third kappa shape index (κ3) is 4.83. The fourth-order valence-corrected chi connectivity index (χ4v) is 9.12. The number of nitrogens with zero attached hydrogens (tertiary/aromatic N) is 4. The van der Waals surface area contributed by atoms with E-state index < -0.39 is 10.0 Å². The summed E-state index contributed by atoms with van der Waals surface area (Å²) in [5.74, 6) is 0.0158. The lowest BCUT2D eigenvalue weighted by atomic mass is 9.96. The zero-order valence-electron chi connectivity index (χ0n) is 18.6. The van der Waals surface area contributed by atoms with Gasteiger partial charge in [-0.1, -0.05) is 22.9 Å². The van der Waals surface area contributed by atoms with Crippen LogP contribution < -0.4 is 4.90 Å². The number of sulfonamides is 1. The summed E-state index contributed by atoms with van der Waals surface area (Å²) in [6.07, 6.45) is 3.17. The average molecular weight is 557 g/mol. The second-order valence-corrected chi connectivity index (χ2v) is 14.1. The van der Waals surface area contributed by atoms with E-state index in [1.54, 1.807) is 35.2 Å². The lowest BCUT2D eigenvalue weighted by molar-refractivity contribution is -0.137. The van der Waals surface area contributed by atoms with Crippen LogP contribution in [-0.2, 0) is 14.8 Å². The van der Waals surface area contributed by atoms with E-state index in [1.807, 2.05) is 4.90 Å². The van der Waals surface area contributed by atoms with Crippen LogP contribution in [0.3, 0.4) is 0 Å². The van der Waals surface area contributed by atoms with E-state index in [-0.39, 0.29) is 16.0 Å². The van der Waals surface area contributed by atoms with Crippen LogP contribution in [0.15, 0.2) is 39.4 Å². The highest BCUT2D eigenvalue weighted by atomic mass is 35.5. The van der Waals surface area contributed by atoms with Gasteiger partial charge in [-0.25, -0.2) is 13.4 Å². The zero-order chi connectivity index (χ0) is 23.9. The molecule has 0 aliphatic carbocycles. The molecule has 0 saturated carbocycles. The molecular weight excluding hydrogens is 532 g/mol. The van der Waals surface area contributed by atoms with E-state index in [2.05, 4.69) is 29.4 Å². The van der Waals surface area contributed by atoms with Crippen molar-refractivity contribution in [2.75, 3.05) is 50.4 Å². The van der Waals surface area contributed by atoms with Gasteiger partial charge >= 0.3 is 0 Å². The van der Waals surface area contributed by atoms with Crippen LogP contribution in [0.4, 0.5) is 5.13 Å². The minimum Gasteiger partial charge on any atom is -0.345 e. The van der Waals surface area contributed by atoms with Crippen molar-refractivity contribution in [3.05, 3.63) is 34.7 Å². The van der Waals surface area contributed by atoms with Crippen LogP contribution in [0.5, 0.6) is 0 Å². The Morgan fingerprint density at radius 3 is 2.44 bits per heavy atom. The van der Waals surface area contributed by atoms with Crippen molar-refractivity contribution in [3.63, 3.8) is 0 Å². The van der Waals surface area contributed by atoms with Crippen molar-refractivity contribution < 1.29 is 13.2 Å². The predicted octanol–water partition coefficient (Wildman–Crippen LogP) is 4.48. The maximum atomic E-state index is 13.1. The van der Waals surface area contributed by atoms with Gasteiger partial charge in [0.05, 0.1) is 14.6 Å². The normalized spacial score (nSPS) is 18.6. The number of carbonyl (C=O) groups is 1. The molecular formula is C22H25ClN4O3S4. The highest BCUT2D eigenvalue weighted by Gasteiger charge is 2.35. The molecule has 1 aromatic carbocycles. The zero-order valence-corrected chi connectivity index (χ0v) is 22.7. The molecule has 0 radical (unpaired) electrons. The number of benzene rings is 1. The average Bonchev–Trinajstić information content (AvgIpc) is 3.50. The third-order valence-corrected chi connectivity index (χ3v) is 11.8. The summed E-state index contributed by atoms with van der Waals surface area (Å²) in [5, 5.41) is 1.01. The fourth-order valence-electron chi connectivity index (χ4n) is 4.44. The highest BCUT2D eigenvalue weighted by Crippen LogP contribution is 2.33. The standard InChI is InChI=1S/C22H25ClN4O3S4/c1-31-16-2-3-17-18(14-16)32-22(24-17)26-12-10-25(11-13-26)21(28)15-6-8-27(9-7-15)34(29,30)20-5-4-19(23)33-20/h2-5,14-15H,6-13H2,1H3. The lowest BCUT2D eigenvalue weighted by Gasteiger charge is -2.38. The minimum atomic E-state index is -3.54. The van der Waals surface area contributed by atoms with E-state index in [4.69, 9.17) is 16.6 Å². The minimum absolute atomic E-state index is 0.127. The summed E-state index contributed by atoms with van der Waals surface area (Å²) in [5.41, 5.74) is 1.02. The summed E-state index contributed by atoms with van der Waals surface area (Å²) >= 11 is 10.4. The smallest absolute Gasteiger partial charge is 0.252 e. The SMILES string of the molecule is CSc1ccc2nc(N3CCN(C(=O)C4CCN(S(=O)(=O)c5ccc(Cl)s5)CC4)CC3)sc2c1. The number of halogens is 1. The van der Waals surface area contributed by atoms with Crippen molar-refractivity contribution >= 4 is 77.3 Å². The van der Waals surface area contributed by atoms with Gasteiger partial charge in [-0.2, -0.15) is 4.31 Å². The molecule has 0 bridgehead atoms. The third-order valence-electron chi connectivity index (χ3n) is 6.39. The van der Waals surface area contributed by atoms with Crippen LogP contribution in [0, 0.1) is 5.92 Å². The number of hydrogen-bond acceptors (Lipinski definition) is 8. The number of fused-ring (bicyclic) bond motifs is 1. The van der Waals surface area contributed by atoms with E-state index in [1.165, 1.54) is 13.9 Å². The Labute approximate surface area is 216 Å². The summed E-state index contributed by atoms with van der Waals surface area (Å²) in [6.45, 7) is 3.56. The topological polar surface area (TPSA) is 73.8 Å². The van der Waals surface area contributed by atoms with Crippen LogP contribution in [0.1, 0.15) is 12.8 Å². The molecule has 0 N–H and O–H groups in total. The molecule has 12 heteroatoms. The lowest BCUT2D eigenvalue weighted by Crippen LogP contribution is -2.52. The first kappa shape index (κ1) is 24.3. The Morgan fingerprint density at radius 2 is 1.79 bits per heavy atom. The molecule has 0 atom stereocenters. The number of rotatable bonds is 5. The maximum absolute atomic E-state index is 13.1. The number of thioether (sulfide) groups is 1. The summed E-state index contributed by atoms with van der Waals surface area (Å²) in [6, 6.07) is 9.50. The molecule has 2 aliphatic rings. The van der Waals surface area contributed by atoms with Crippen molar-refractivity contribution in [3.8, 4) is 0 Å². The van der Waals surface area contributed by atoms with E-state index in [0.29, 0.717) is 43.4 Å². The number of piperidine rings is 1. The Morgan fingerprint density at radius 1 is 1.06 bits per heavy atom. The molecule has 1 amide bonds. The number of thiazole rings is 1. The number of anilines is 1. The molecule has 2 aromatic heterocycles. The molecule has 2 saturated heterocycles. The van der Waals surface area contributed by atoms with Crippen LogP contribution in [0.2, 0.25) is 4.34 Å². The van der Waals surface area contributed by atoms with Gasteiger partial charge in [0, 0.05) is 50.1 Å². The van der Waals surface area contributed by atoms with Gasteiger partial charge in [0.2, 0.25) is 5.91 Å². The molecule has 4 heterocycles. The Kier molecular flexibility index (Phi) is 7.12. The Hall–Kier alpha value is -1.37. The van der Waals surface area contributed by atoms with Crippen molar-refractivity contribution in [2.24, 2.45) is 5.92 Å². The number of aromatic nitrogens is 1. The fraction of sp³-hybridized carbons (Fsp3) is 0.455. The van der Waals surface area contributed by atoms with E-state index >= 15 is 0 Å². The number of carbonyl (C=O) groups excluding carboxylic acids is 1. The van der Waals surface area contributed by atoms with Gasteiger partial charge in [-0.05, 0) is 49.4 Å². The molecule has 0 unspecified atom stereocenters. The molecule has 34 heavy (non-hydrogen) atoms. The van der Waals surface area contributed by atoms with Gasteiger partial charge < -0.3 is 9.80 Å². The number of amides is 1. The first-order valence-corrected chi connectivity index (χ1v) is 15.8. The van der Waals surface area contributed by atoms with Crippen LogP contribution >= 0.6 is 46.0 Å². The van der Waals surface area contributed by atoms with Crippen LogP contribution in [0.25, 0.3) is 10.2 Å². The molecule has 182 valence electrons. The summed E-state index contributed by atoms with van der Waals surface area (Å²) in [4.78, 5) is 23.4. The van der Waals surface area contributed by atoms with Gasteiger partial charge in [-0.15, -0.1) is 23.1 Å². The van der Waals surface area contributed by atoms with Gasteiger partial charge in [0.15, 0.2) is 5.13 Å². The monoisotopic (exact) mass is 556 g/mol. The second kappa shape index (κ2) is 9.94. The molecule has 2 fully saturated rings. The molecule has 5 rings (SSSR count). The van der Waals surface area contributed by atoms with Gasteiger partial charge in [0.1, 0.15) is 4.21 Å². The van der Waals surface area contributed by atoms with Crippen LogP contribution in [-0.4, -0.2) is 74.0 Å². The second-order valence-electron chi connectivity index (χ2n) is 8.38. The quantitative estimate of drug-likeness (QED) is 0.431. The predicted molar refractivity (Wildman–Crippen MR) is 141 cm³/mol. The first-order valence-electron chi connectivity index (χ1n) is 11.1. The van der Waals surface area contributed by atoms with Crippen molar-refractivity contribution in [2.45, 2.75) is 21.9 Å². The van der Waals surface area contributed by atoms with Gasteiger partial charge in [-0.3, -0.25) is 4.79 Å². The Bertz CT molecular complexity index is 1290. The number of thiophene rings is 1. The largest absolute Gasteiger partial charge is 0.345 e. The Balaban J connectivity index is 1.16. The molecule has 7 nitrogen and oxygen atoms in total. The van der Waals surface area contributed by atoms with Crippen molar-refractivity contribution in [1.82, 2.24) is 14.2 Å². The van der Waals surface area contributed by atoms with Gasteiger partial charge in [0.25, 0.3) is 10.0 Å². The van der Waals surface area contributed by atoms with E-state index in [9.17, 15) is 13.2 Å². The molecule has 0 spiro atoms. The first-order chi connectivity index (χ1) is 16.3. The molecule has 2 aliphatic heterocycles. The molecule has 3 aromatic rings. The summed E-state index contributed by atoms with van der Waals surface area (Å²) in [7, 11) is -3.54. The van der Waals surface area contributed by atoms with Crippen molar-refractivity contribution in [1.29, 1.82) is 0 Å². The number of hydrogen-bond donors (Lipinski definition) is 0. The number of piperazine rings is 1. The van der Waals surface area contributed by atoms with E-state index in [0.717, 1.165) is 35.1 Å².